The van der Waals surface area contributed by atoms with E-state index < -0.39 is 6.04 Å². The predicted octanol–water partition coefficient (Wildman–Crippen LogP) is 3.58. The first-order valence-corrected chi connectivity index (χ1v) is 11.3. The molecule has 2 N–H and O–H groups in total. The number of carbonyl (C=O) groups is 1. The number of aromatic nitrogens is 2. The van der Waals surface area contributed by atoms with E-state index in [1.54, 1.807) is 25.1 Å². The lowest BCUT2D eigenvalue weighted by atomic mass is 10.1. The molecule has 4 rings (SSSR count). The average Bonchev–Trinajstić information content (AvgIpc) is 2.91. The summed E-state index contributed by atoms with van der Waals surface area (Å²) in [7, 11) is 1.81. The zero-order valence-electron chi connectivity index (χ0n) is 17.7. The predicted molar refractivity (Wildman–Crippen MR) is 122 cm³/mol. The van der Waals surface area contributed by atoms with E-state index in [4.69, 9.17) is 0 Å². The highest BCUT2D eigenvalue weighted by molar-refractivity contribution is 7.16. The Hall–Kier alpha value is -3.02. The van der Waals surface area contributed by atoms with Crippen molar-refractivity contribution in [3.8, 4) is 6.07 Å². The minimum absolute atomic E-state index is 0.182. The third kappa shape index (κ3) is 4.38. The number of nitrogens with one attached hydrogen (secondary N) is 2. The fraction of sp³-hybridized carbons (Fsp3) is 0.391. The molecule has 0 unspecified atom stereocenters. The molecule has 160 valence electrons. The molecule has 1 aliphatic rings. The first-order chi connectivity index (χ1) is 15.0. The molecule has 0 spiro atoms. The number of aromatic amines is 1. The van der Waals surface area contributed by atoms with Crippen LogP contribution >= 0.6 is 11.3 Å². The van der Waals surface area contributed by atoms with Crippen LogP contribution in [0.3, 0.4) is 0 Å². The van der Waals surface area contributed by atoms with E-state index in [-0.39, 0.29) is 11.5 Å². The maximum Gasteiger partial charge on any atom is 0.258 e. The second kappa shape index (κ2) is 9.00. The minimum atomic E-state index is -0.467. The lowest BCUT2D eigenvalue weighted by Gasteiger charge is -2.23. The van der Waals surface area contributed by atoms with Crippen LogP contribution in [0.15, 0.2) is 29.1 Å². The zero-order valence-corrected chi connectivity index (χ0v) is 18.5. The quantitative estimate of drug-likeness (QED) is 0.597. The molecule has 0 radical (unpaired) electrons. The van der Waals surface area contributed by atoms with Gasteiger partial charge in [-0.25, -0.2) is 4.98 Å². The number of amides is 1. The normalized spacial score (nSPS) is 14.6. The van der Waals surface area contributed by atoms with Gasteiger partial charge in [0, 0.05) is 4.88 Å². The van der Waals surface area contributed by atoms with E-state index in [0.29, 0.717) is 33.8 Å². The third-order valence-electron chi connectivity index (χ3n) is 5.87. The van der Waals surface area contributed by atoms with Gasteiger partial charge in [-0.1, -0.05) is 18.6 Å². The highest BCUT2D eigenvalue weighted by atomic mass is 32.1. The van der Waals surface area contributed by atoms with Crippen LogP contribution in [-0.2, 0) is 24.2 Å². The first-order valence-electron chi connectivity index (χ1n) is 10.5. The fourth-order valence-corrected chi connectivity index (χ4v) is 5.19. The molecule has 2 aromatic heterocycles. The van der Waals surface area contributed by atoms with Gasteiger partial charge in [0.15, 0.2) is 0 Å². The molecule has 1 amide bonds. The minimum Gasteiger partial charge on any atom is -0.315 e. The second-order valence-electron chi connectivity index (χ2n) is 7.99. The lowest BCUT2D eigenvalue weighted by molar-refractivity contribution is -0.120. The van der Waals surface area contributed by atoms with E-state index >= 15 is 0 Å². The Labute approximate surface area is 184 Å². The lowest BCUT2D eigenvalue weighted by Crippen LogP contribution is -2.39. The standard InChI is InChI=1S/C23H25N5O2S/c1-14(28(2)13-20-25-18-10-7-6-9-16(18)22(30)26-20)21(29)27-23-17(12-24)15-8-4-3-5-11-19(15)31-23/h6-7,9-10,14H,3-5,8,11,13H2,1-2H3,(H,27,29)(H,25,26,30)/t14-/m1/s1. The van der Waals surface area contributed by atoms with Crippen molar-refractivity contribution in [1.29, 1.82) is 5.26 Å². The summed E-state index contributed by atoms with van der Waals surface area (Å²) < 4.78 is 0. The molecule has 2 heterocycles. The van der Waals surface area contributed by atoms with Crippen LogP contribution in [0.1, 0.15) is 48.0 Å². The summed E-state index contributed by atoms with van der Waals surface area (Å²) >= 11 is 1.53. The number of H-pyrrole nitrogens is 1. The largest absolute Gasteiger partial charge is 0.315 e. The van der Waals surface area contributed by atoms with Crippen molar-refractivity contribution in [3.63, 3.8) is 0 Å². The van der Waals surface area contributed by atoms with Gasteiger partial charge in [0.1, 0.15) is 16.9 Å². The Bertz CT molecular complexity index is 1220. The van der Waals surface area contributed by atoms with Crippen molar-refractivity contribution in [2.24, 2.45) is 0 Å². The number of fused-ring (bicyclic) bond motifs is 2. The van der Waals surface area contributed by atoms with Gasteiger partial charge in [-0.05, 0) is 57.4 Å². The second-order valence-corrected chi connectivity index (χ2v) is 9.10. The molecule has 1 atom stereocenters. The summed E-state index contributed by atoms with van der Waals surface area (Å²) in [5.74, 6) is 0.324. The third-order valence-corrected chi connectivity index (χ3v) is 7.08. The first kappa shape index (κ1) is 21.2. The van der Waals surface area contributed by atoms with Gasteiger partial charge in [0.05, 0.1) is 29.1 Å². The van der Waals surface area contributed by atoms with Crippen LogP contribution in [0.25, 0.3) is 10.9 Å². The molecular formula is C23H25N5O2S. The van der Waals surface area contributed by atoms with E-state index in [2.05, 4.69) is 21.4 Å². The molecule has 0 fully saturated rings. The summed E-state index contributed by atoms with van der Waals surface area (Å²) in [5, 5.41) is 13.8. The number of hydrogen-bond donors (Lipinski definition) is 2. The maximum atomic E-state index is 12.9. The molecule has 0 bridgehead atoms. The number of benzene rings is 1. The van der Waals surface area contributed by atoms with Crippen LogP contribution in [0.4, 0.5) is 5.00 Å². The Kier molecular flexibility index (Phi) is 6.16. The van der Waals surface area contributed by atoms with Crippen molar-refractivity contribution in [2.45, 2.75) is 51.6 Å². The number of aryl methyl sites for hydroxylation is 1. The average molecular weight is 436 g/mol. The van der Waals surface area contributed by atoms with Crippen LogP contribution in [0, 0.1) is 11.3 Å². The van der Waals surface area contributed by atoms with Crippen molar-refractivity contribution in [1.82, 2.24) is 14.9 Å². The molecule has 0 aliphatic heterocycles. The van der Waals surface area contributed by atoms with Crippen molar-refractivity contribution in [3.05, 3.63) is 56.4 Å². The smallest absolute Gasteiger partial charge is 0.258 e. The van der Waals surface area contributed by atoms with Crippen molar-refractivity contribution < 1.29 is 4.79 Å². The van der Waals surface area contributed by atoms with Gasteiger partial charge in [-0.3, -0.25) is 14.5 Å². The van der Waals surface area contributed by atoms with Crippen LogP contribution in [0.5, 0.6) is 0 Å². The number of anilines is 1. The van der Waals surface area contributed by atoms with Gasteiger partial charge in [0.25, 0.3) is 5.56 Å². The maximum absolute atomic E-state index is 12.9. The Morgan fingerprint density at radius 1 is 1.32 bits per heavy atom. The van der Waals surface area contributed by atoms with E-state index in [0.717, 1.165) is 31.2 Å². The summed E-state index contributed by atoms with van der Waals surface area (Å²) in [4.78, 5) is 35.6. The Balaban J connectivity index is 1.49. The summed E-state index contributed by atoms with van der Waals surface area (Å²) in [5.41, 5.74) is 2.17. The van der Waals surface area contributed by atoms with Crippen LogP contribution in [-0.4, -0.2) is 33.9 Å². The van der Waals surface area contributed by atoms with Gasteiger partial charge in [-0.15, -0.1) is 11.3 Å². The Morgan fingerprint density at radius 3 is 2.90 bits per heavy atom. The van der Waals surface area contributed by atoms with Crippen molar-refractivity contribution in [2.75, 3.05) is 12.4 Å². The molecule has 7 nitrogen and oxygen atoms in total. The molecule has 0 saturated heterocycles. The molecular weight excluding hydrogens is 410 g/mol. The summed E-state index contributed by atoms with van der Waals surface area (Å²) in [6.45, 7) is 2.12. The highest BCUT2D eigenvalue weighted by Crippen LogP contribution is 2.37. The highest BCUT2D eigenvalue weighted by Gasteiger charge is 2.24. The summed E-state index contributed by atoms with van der Waals surface area (Å²) in [6.07, 6.45) is 5.27. The summed E-state index contributed by atoms with van der Waals surface area (Å²) in [6, 6.07) is 9.01. The number of rotatable bonds is 5. The molecule has 1 aromatic carbocycles. The van der Waals surface area contributed by atoms with Crippen LogP contribution in [0.2, 0.25) is 0 Å². The van der Waals surface area contributed by atoms with Gasteiger partial charge in [-0.2, -0.15) is 5.26 Å². The monoisotopic (exact) mass is 435 g/mol. The van der Waals surface area contributed by atoms with Gasteiger partial charge in [0.2, 0.25) is 5.91 Å². The van der Waals surface area contributed by atoms with Gasteiger partial charge >= 0.3 is 0 Å². The van der Waals surface area contributed by atoms with E-state index in [1.165, 1.54) is 22.6 Å². The number of carbonyl (C=O) groups excluding carboxylic acids is 1. The Morgan fingerprint density at radius 2 is 2.10 bits per heavy atom. The van der Waals surface area contributed by atoms with E-state index in [1.807, 2.05) is 18.0 Å². The van der Waals surface area contributed by atoms with Crippen molar-refractivity contribution >= 4 is 33.1 Å². The number of hydrogen-bond acceptors (Lipinski definition) is 6. The zero-order chi connectivity index (χ0) is 22.0. The fourth-order valence-electron chi connectivity index (χ4n) is 3.95. The SMILES string of the molecule is C[C@H](C(=O)Nc1sc2c(c1C#N)CCCCC2)N(C)Cc1nc2ccccc2c(=O)[nH]1. The number of nitrogens with zero attached hydrogens (tertiary/aromatic N) is 3. The number of thiophene rings is 1. The molecule has 3 aromatic rings. The van der Waals surface area contributed by atoms with E-state index in [9.17, 15) is 14.9 Å². The van der Waals surface area contributed by atoms with Gasteiger partial charge < -0.3 is 10.3 Å². The molecule has 0 saturated carbocycles. The molecule has 31 heavy (non-hydrogen) atoms. The van der Waals surface area contributed by atoms with Crippen LogP contribution < -0.4 is 10.9 Å². The molecule has 8 heteroatoms. The number of nitriles is 1. The number of likely N-dealkylation sites (N-methyl/N-ethyl adjacent to an activating group) is 1. The number of para-hydroxylation sites is 1. The topological polar surface area (TPSA) is 102 Å². The molecule has 1 aliphatic carbocycles.